The molecule has 0 heterocycles. The molecule has 0 saturated heterocycles. The van der Waals surface area contributed by atoms with E-state index in [1.807, 2.05) is 0 Å². The van der Waals surface area contributed by atoms with Gasteiger partial charge in [0.1, 0.15) is 0 Å². The molecule has 0 aromatic rings. The van der Waals surface area contributed by atoms with Crippen molar-refractivity contribution in [2.45, 2.75) is 50.7 Å². The van der Waals surface area contributed by atoms with Gasteiger partial charge >= 0.3 is 0 Å². The molecule has 2 unspecified atom stereocenters. The molecule has 0 radical (unpaired) electrons. The smallest absolute Gasteiger partial charge is 0.0621 e. The summed E-state index contributed by atoms with van der Waals surface area (Å²) in [6.07, 6.45) is 6.85. The van der Waals surface area contributed by atoms with Crippen LogP contribution in [-0.4, -0.2) is 25.8 Å². The predicted molar refractivity (Wildman–Crippen MR) is 55.9 cm³/mol. The minimum atomic E-state index is 0.464. The fourth-order valence-corrected chi connectivity index (χ4v) is 1.97. The van der Waals surface area contributed by atoms with Gasteiger partial charge in [0.25, 0.3) is 0 Å². The summed E-state index contributed by atoms with van der Waals surface area (Å²) in [5, 5.41) is 11.9. The second-order valence-electron chi connectivity index (χ2n) is 3.94. The molecule has 1 N–H and O–H groups in total. The van der Waals surface area contributed by atoms with Crippen molar-refractivity contribution in [3.63, 3.8) is 0 Å². The molecule has 14 heavy (non-hydrogen) atoms. The fraction of sp³-hybridized carbons (Fsp3) is 0.909. The Balaban J connectivity index is 1.95. The molecule has 1 aliphatic carbocycles. The molecular formula is C11H20N2O. The van der Waals surface area contributed by atoms with Crippen LogP contribution in [0.5, 0.6) is 0 Å². The van der Waals surface area contributed by atoms with Crippen LogP contribution in [-0.2, 0) is 4.74 Å². The number of nitriles is 1. The molecule has 1 aliphatic rings. The normalized spacial score (nSPS) is 26.3. The Morgan fingerprint density at radius 2 is 2.29 bits per heavy atom. The van der Waals surface area contributed by atoms with Gasteiger partial charge < -0.3 is 10.1 Å². The highest BCUT2D eigenvalue weighted by atomic mass is 16.5. The van der Waals surface area contributed by atoms with Crippen LogP contribution in [0.2, 0.25) is 0 Å². The van der Waals surface area contributed by atoms with Crippen molar-refractivity contribution in [3.8, 4) is 6.07 Å². The third-order valence-corrected chi connectivity index (χ3v) is 2.87. The minimum absolute atomic E-state index is 0.464. The third-order valence-electron chi connectivity index (χ3n) is 2.87. The zero-order valence-corrected chi connectivity index (χ0v) is 8.96. The lowest BCUT2D eigenvalue weighted by Gasteiger charge is -2.12. The van der Waals surface area contributed by atoms with Crippen LogP contribution in [0, 0.1) is 11.3 Å². The van der Waals surface area contributed by atoms with Gasteiger partial charge in [-0.1, -0.05) is 0 Å². The van der Waals surface area contributed by atoms with Crippen LogP contribution in [0.3, 0.4) is 0 Å². The van der Waals surface area contributed by atoms with Crippen molar-refractivity contribution in [3.05, 3.63) is 0 Å². The zero-order chi connectivity index (χ0) is 10.2. The zero-order valence-electron chi connectivity index (χ0n) is 8.96. The molecule has 1 fully saturated rings. The lowest BCUT2D eigenvalue weighted by molar-refractivity contribution is 0.107. The van der Waals surface area contributed by atoms with E-state index in [1.54, 1.807) is 7.11 Å². The minimum Gasteiger partial charge on any atom is -0.381 e. The quantitative estimate of drug-likeness (QED) is 0.659. The van der Waals surface area contributed by atoms with E-state index in [2.05, 4.69) is 11.4 Å². The van der Waals surface area contributed by atoms with Crippen LogP contribution < -0.4 is 5.32 Å². The van der Waals surface area contributed by atoms with E-state index >= 15 is 0 Å². The van der Waals surface area contributed by atoms with Crippen molar-refractivity contribution in [2.75, 3.05) is 13.7 Å². The van der Waals surface area contributed by atoms with Crippen molar-refractivity contribution in [2.24, 2.45) is 0 Å². The first-order valence-corrected chi connectivity index (χ1v) is 5.50. The first-order valence-electron chi connectivity index (χ1n) is 5.50. The first-order chi connectivity index (χ1) is 6.86. The number of hydrogen-bond donors (Lipinski definition) is 1. The summed E-state index contributed by atoms with van der Waals surface area (Å²) in [6, 6.07) is 2.81. The van der Waals surface area contributed by atoms with Gasteiger partial charge in [0.15, 0.2) is 0 Å². The highest BCUT2D eigenvalue weighted by Crippen LogP contribution is 2.21. The maximum Gasteiger partial charge on any atom is 0.0621 e. The number of nitrogens with zero attached hydrogens (tertiary/aromatic N) is 1. The standard InChI is InChI=1S/C11H20N2O/c1-14-11-6-5-10(9-11)13-8-4-2-3-7-12/h10-11,13H,2-6,8-9H2,1H3. The summed E-state index contributed by atoms with van der Waals surface area (Å²) in [7, 11) is 1.79. The van der Waals surface area contributed by atoms with Crippen LogP contribution in [0.1, 0.15) is 38.5 Å². The van der Waals surface area contributed by atoms with Crippen molar-refractivity contribution >= 4 is 0 Å². The SMILES string of the molecule is COC1CCC(NCCCCC#N)C1. The maximum atomic E-state index is 8.36. The van der Waals surface area contributed by atoms with Crippen molar-refractivity contribution in [1.29, 1.82) is 5.26 Å². The highest BCUT2D eigenvalue weighted by Gasteiger charge is 2.23. The lowest BCUT2D eigenvalue weighted by atomic mass is 10.2. The molecule has 80 valence electrons. The monoisotopic (exact) mass is 196 g/mol. The average Bonchev–Trinajstić information content (AvgIpc) is 2.65. The van der Waals surface area contributed by atoms with Gasteiger partial charge in [-0.2, -0.15) is 5.26 Å². The molecule has 1 saturated carbocycles. The number of rotatable bonds is 6. The van der Waals surface area contributed by atoms with Gasteiger partial charge in [-0.15, -0.1) is 0 Å². The molecule has 0 aromatic carbocycles. The molecular weight excluding hydrogens is 176 g/mol. The Morgan fingerprint density at radius 3 is 2.93 bits per heavy atom. The molecule has 2 atom stereocenters. The summed E-state index contributed by atoms with van der Waals surface area (Å²) in [6.45, 7) is 1.04. The lowest BCUT2D eigenvalue weighted by Crippen LogP contribution is -2.28. The van der Waals surface area contributed by atoms with E-state index in [0.717, 1.165) is 25.8 Å². The second kappa shape index (κ2) is 6.80. The molecule has 1 rings (SSSR count). The summed E-state index contributed by atoms with van der Waals surface area (Å²) in [5.41, 5.74) is 0. The highest BCUT2D eigenvalue weighted by molar-refractivity contribution is 4.81. The molecule has 0 amide bonds. The third kappa shape index (κ3) is 4.08. The van der Waals surface area contributed by atoms with Gasteiger partial charge in [0, 0.05) is 19.6 Å². The van der Waals surface area contributed by atoms with E-state index in [-0.39, 0.29) is 0 Å². The van der Waals surface area contributed by atoms with Gasteiger partial charge in [-0.05, 0) is 38.6 Å². The molecule has 0 bridgehead atoms. The number of ether oxygens (including phenoxy) is 1. The second-order valence-corrected chi connectivity index (χ2v) is 3.94. The van der Waals surface area contributed by atoms with Crippen molar-refractivity contribution < 1.29 is 4.74 Å². The maximum absolute atomic E-state index is 8.36. The average molecular weight is 196 g/mol. The van der Waals surface area contributed by atoms with Crippen LogP contribution in [0.25, 0.3) is 0 Å². The molecule has 0 aliphatic heterocycles. The summed E-state index contributed by atoms with van der Waals surface area (Å²) in [4.78, 5) is 0. The van der Waals surface area contributed by atoms with E-state index < -0.39 is 0 Å². The molecule has 0 spiro atoms. The Kier molecular flexibility index (Phi) is 5.58. The summed E-state index contributed by atoms with van der Waals surface area (Å²) >= 11 is 0. The summed E-state index contributed by atoms with van der Waals surface area (Å²) < 4.78 is 5.30. The van der Waals surface area contributed by atoms with Crippen molar-refractivity contribution in [1.82, 2.24) is 5.32 Å². The van der Waals surface area contributed by atoms with E-state index in [9.17, 15) is 0 Å². The first kappa shape index (κ1) is 11.5. The number of nitrogens with one attached hydrogen (secondary N) is 1. The molecule has 0 aromatic heterocycles. The van der Waals surface area contributed by atoms with Crippen LogP contribution >= 0.6 is 0 Å². The summed E-state index contributed by atoms with van der Waals surface area (Å²) in [5.74, 6) is 0. The number of methoxy groups -OCH3 is 1. The Morgan fingerprint density at radius 1 is 1.43 bits per heavy atom. The van der Waals surface area contributed by atoms with Gasteiger partial charge in [0.2, 0.25) is 0 Å². The Hall–Kier alpha value is -0.590. The molecule has 3 heteroatoms. The number of unbranched alkanes of at least 4 members (excludes halogenated alkanes) is 2. The Labute approximate surface area is 86.4 Å². The van der Waals surface area contributed by atoms with Gasteiger partial charge in [0.05, 0.1) is 12.2 Å². The predicted octanol–water partition coefficient (Wildman–Crippen LogP) is 1.84. The van der Waals surface area contributed by atoms with Crippen LogP contribution in [0.15, 0.2) is 0 Å². The van der Waals surface area contributed by atoms with Gasteiger partial charge in [-0.25, -0.2) is 0 Å². The van der Waals surface area contributed by atoms with Crippen LogP contribution in [0.4, 0.5) is 0 Å². The van der Waals surface area contributed by atoms with E-state index in [1.165, 1.54) is 12.8 Å². The topological polar surface area (TPSA) is 45.0 Å². The van der Waals surface area contributed by atoms with Gasteiger partial charge in [-0.3, -0.25) is 0 Å². The molecule has 3 nitrogen and oxygen atoms in total. The number of hydrogen-bond acceptors (Lipinski definition) is 3. The fourth-order valence-electron chi connectivity index (χ4n) is 1.97. The Bertz CT molecular complexity index is 188. The largest absolute Gasteiger partial charge is 0.381 e. The van der Waals surface area contributed by atoms with E-state index in [4.69, 9.17) is 10.00 Å². The van der Waals surface area contributed by atoms with E-state index in [0.29, 0.717) is 18.6 Å².